The lowest BCUT2D eigenvalue weighted by molar-refractivity contribution is 0.0135. The molecule has 5 heteroatoms. The Morgan fingerprint density at radius 1 is 0.967 bits per heavy atom. The average Bonchev–Trinajstić information content (AvgIpc) is 2.91. The number of aliphatic hydroxyl groups is 1. The van der Waals surface area contributed by atoms with E-state index in [9.17, 15) is 9.50 Å². The first-order valence-corrected chi connectivity index (χ1v) is 10.8. The standard InChI is InChI=1S/C25H34FNO3/c1-27(16-11-19-5-7-22(26)8-6-19)15-4-12-25(28)13-9-20-17-23(29-2)24(30-3)18-21(20)10-14-25/h5-8,17-18,28H,4,9-16H2,1-3H3. The molecule has 1 aliphatic rings. The third kappa shape index (κ3) is 5.96. The van der Waals surface area contributed by atoms with Crippen LogP contribution in [0.15, 0.2) is 36.4 Å². The fraction of sp³-hybridized carbons (Fsp3) is 0.520. The molecule has 30 heavy (non-hydrogen) atoms. The first kappa shape index (κ1) is 22.6. The molecule has 0 spiro atoms. The number of halogens is 1. The number of ether oxygens (including phenoxy) is 2. The second-order valence-corrected chi connectivity index (χ2v) is 8.48. The van der Waals surface area contributed by atoms with Crippen molar-refractivity contribution >= 4 is 0 Å². The maximum atomic E-state index is 13.0. The monoisotopic (exact) mass is 415 g/mol. The van der Waals surface area contributed by atoms with Gasteiger partial charge in [-0.1, -0.05) is 12.1 Å². The molecule has 0 fully saturated rings. The van der Waals surface area contributed by atoms with E-state index in [1.165, 1.54) is 23.3 Å². The van der Waals surface area contributed by atoms with Gasteiger partial charge in [-0.2, -0.15) is 0 Å². The van der Waals surface area contributed by atoms with Gasteiger partial charge in [-0.3, -0.25) is 0 Å². The Hall–Kier alpha value is -2.11. The first-order chi connectivity index (χ1) is 14.4. The third-order valence-electron chi connectivity index (χ3n) is 6.30. The van der Waals surface area contributed by atoms with Crippen LogP contribution in [0, 0.1) is 5.82 Å². The van der Waals surface area contributed by atoms with Crippen molar-refractivity contribution in [3.05, 3.63) is 58.9 Å². The highest BCUT2D eigenvalue weighted by atomic mass is 19.1. The molecule has 4 nitrogen and oxygen atoms in total. The van der Waals surface area contributed by atoms with Crippen molar-refractivity contribution in [2.24, 2.45) is 0 Å². The van der Waals surface area contributed by atoms with E-state index in [1.54, 1.807) is 14.2 Å². The van der Waals surface area contributed by atoms with Crippen molar-refractivity contribution in [1.82, 2.24) is 4.90 Å². The molecule has 0 saturated carbocycles. The minimum Gasteiger partial charge on any atom is -0.493 e. The Morgan fingerprint density at radius 3 is 2.07 bits per heavy atom. The quantitative estimate of drug-likeness (QED) is 0.616. The van der Waals surface area contributed by atoms with Gasteiger partial charge in [0.1, 0.15) is 5.82 Å². The number of fused-ring (bicyclic) bond motifs is 1. The zero-order chi connectivity index (χ0) is 21.6. The van der Waals surface area contributed by atoms with Crippen molar-refractivity contribution in [2.45, 2.75) is 50.5 Å². The zero-order valence-corrected chi connectivity index (χ0v) is 18.4. The summed E-state index contributed by atoms with van der Waals surface area (Å²) < 4.78 is 23.9. The van der Waals surface area contributed by atoms with Crippen LogP contribution in [0.2, 0.25) is 0 Å². The Labute approximate surface area is 179 Å². The van der Waals surface area contributed by atoms with Gasteiger partial charge in [-0.05, 0) is 99.5 Å². The minimum absolute atomic E-state index is 0.192. The maximum absolute atomic E-state index is 13.0. The van der Waals surface area contributed by atoms with Crippen molar-refractivity contribution in [2.75, 3.05) is 34.4 Å². The Morgan fingerprint density at radius 2 is 1.53 bits per heavy atom. The molecule has 1 aliphatic carbocycles. The van der Waals surface area contributed by atoms with Crippen LogP contribution in [-0.2, 0) is 19.3 Å². The molecule has 0 amide bonds. The second kappa shape index (κ2) is 10.3. The molecule has 0 heterocycles. The number of hydrogen-bond acceptors (Lipinski definition) is 4. The van der Waals surface area contributed by atoms with Crippen LogP contribution in [0.4, 0.5) is 4.39 Å². The van der Waals surface area contributed by atoms with Gasteiger partial charge < -0.3 is 19.5 Å². The summed E-state index contributed by atoms with van der Waals surface area (Å²) in [4.78, 5) is 2.29. The number of rotatable bonds is 9. The topological polar surface area (TPSA) is 41.9 Å². The summed E-state index contributed by atoms with van der Waals surface area (Å²) in [5.74, 6) is 1.32. The molecule has 0 radical (unpaired) electrons. The molecule has 164 valence electrons. The fourth-order valence-corrected chi connectivity index (χ4v) is 4.30. The van der Waals surface area contributed by atoms with Gasteiger partial charge in [0.2, 0.25) is 0 Å². The molecule has 2 aromatic rings. The van der Waals surface area contributed by atoms with Gasteiger partial charge in [-0.25, -0.2) is 4.39 Å². The highest BCUT2D eigenvalue weighted by molar-refractivity contribution is 5.48. The van der Waals surface area contributed by atoms with E-state index < -0.39 is 5.60 Å². The van der Waals surface area contributed by atoms with Gasteiger partial charge in [0.05, 0.1) is 19.8 Å². The van der Waals surface area contributed by atoms with Crippen LogP contribution < -0.4 is 9.47 Å². The molecule has 2 aromatic carbocycles. The predicted molar refractivity (Wildman–Crippen MR) is 118 cm³/mol. The molecular formula is C25H34FNO3. The largest absolute Gasteiger partial charge is 0.493 e. The van der Waals surface area contributed by atoms with E-state index in [1.807, 2.05) is 12.1 Å². The Kier molecular flexibility index (Phi) is 7.73. The highest BCUT2D eigenvalue weighted by Gasteiger charge is 2.30. The van der Waals surface area contributed by atoms with Gasteiger partial charge in [0, 0.05) is 6.54 Å². The fourth-order valence-electron chi connectivity index (χ4n) is 4.30. The van der Waals surface area contributed by atoms with Crippen LogP contribution in [0.1, 0.15) is 42.4 Å². The van der Waals surface area contributed by atoms with Crippen LogP contribution in [0.5, 0.6) is 11.5 Å². The molecule has 0 bridgehead atoms. The first-order valence-electron chi connectivity index (χ1n) is 10.8. The number of likely N-dealkylation sites (N-methyl/N-ethyl adjacent to an activating group) is 1. The van der Waals surface area contributed by atoms with E-state index in [4.69, 9.17) is 9.47 Å². The molecule has 0 saturated heterocycles. The van der Waals surface area contributed by atoms with E-state index in [2.05, 4.69) is 24.1 Å². The van der Waals surface area contributed by atoms with Crippen LogP contribution >= 0.6 is 0 Å². The van der Waals surface area contributed by atoms with Crippen LogP contribution in [-0.4, -0.2) is 50.0 Å². The van der Waals surface area contributed by atoms with Crippen LogP contribution in [0.25, 0.3) is 0 Å². The summed E-state index contributed by atoms with van der Waals surface area (Å²) in [5, 5.41) is 11.2. The zero-order valence-electron chi connectivity index (χ0n) is 18.4. The smallest absolute Gasteiger partial charge is 0.161 e. The summed E-state index contributed by atoms with van der Waals surface area (Å²) in [6.07, 6.45) is 5.91. The lowest BCUT2D eigenvalue weighted by atomic mass is 9.89. The predicted octanol–water partition coefficient (Wildman–Crippen LogP) is 4.41. The van der Waals surface area contributed by atoms with Gasteiger partial charge in [-0.15, -0.1) is 0 Å². The third-order valence-corrected chi connectivity index (χ3v) is 6.30. The number of nitrogens with zero attached hydrogens (tertiary/aromatic N) is 1. The van der Waals surface area contributed by atoms with Crippen molar-refractivity contribution < 1.29 is 19.0 Å². The summed E-state index contributed by atoms with van der Waals surface area (Å²) in [7, 11) is 5.42. The van der Waals surface area contributed by atoms with Crippen molar-refractivity contribution in [3.63, 3.8) is 0 Å². The number of benzene rings is 2. The Balaban J connectivity index is 1.47. The summed E-state index contributed by atoms with van der Waals surface area (Å²) >= 11 is 0. The molecule has 0 atom stereocenters. The summed E-state index contributed by atoms with van der Waals surface area (Å²) in [6, 6.07) is 10.8. The van der Waals surface area contributed by atoms with Gasteiger partial charge in [0.25, 0.3) is 0 Å². The Bertz CT molecular complexity index is 787. The maximum Gasteiger partial charge on any atom is 0.161 e. The molecule has 0 unspecified atom stereocenters. The van der Waals surface area contributed by atoms with E-state index in [0.29, 0.717) is 0 Å². The number of hydrogen-bond donors (Lipinski definition) is 1. The lowest BCUT2D eigenvalue weighted by Gasteiger charge is -2.27. The van der Waals surface area contributed by atoms with Crippen molar-refractivity contribution in [3.8, 4) is 11.5 Å². The highest BCUT2D eigenvalue weighted by Crippen LogP contribution is 2.37. The summed E-state index contributed by atoms with van der Waals surface area (Å²) in [6.45, 7) is 1.87. The van der Waals surface area contributed by atoms with Crippen molar-refractivity contribution in [1.29, 1.82) is 0 Å². The normalized spacial score (nSPS) is 15.5. The van der Waals surface area contributed by atoms with Crippen LogP contribution in [0.3, 0.4) is 0 Å². The van der Waals surface area contributed by atoms with Gasteiger partial charge in [0.15, 0.2) is 11.5 Å². The number of aryl methyl sites for hydroxylation is 2. The van der Waals surface area contributed by atoms with E-state index in [-0.39, 0.29) is 5.82 Å². The molecule has 3 rings (SSSR count). The molecule has 1 N–H and O–H groups in total. The lowest BCUT2D eigenvalue weighted by Crippen LogP contribution is -2.31. The number of methoxy groups -OCH3 is 2. The second-order valence-electron chi connectivity index (χ2n) is 8.48. The molecule has 0 aliphatic heterocycles. The van der Waals surface area contributed by atoms with E-state index in [0.717, 1.165) is 75.1 Å². The molecule has 0 aromatic heterocycles. The van der Waals surface area contributed by atoms with Gasteiger partial charge >= 0.3 is 0 Å². The summed E-state index contributed by atoms with van der Waals surface area (Å²) in [5.41, 5.74) is 3.02. The minimum atomic E-state index is -0.628. The van der Waals surface area contributed by atoms with E-state index >= 15 is 0 Å². The molecular weight excluding hydrogens is 381 g/mol. The average molecular weight is 416 g/mol. The SMILES string of the molecule is COc1cc2c(cc1OC)CCC(O)(CCCN(C)CCc1ccc(F)cc1)CC2.